The fourth-order valence-electron chi connectivity index (χ4n) is 3.87. The van der Waals surface area contributed by atoms with Crippen molar-refractivity contribution in [3.63, 3.8) is 0 Å². The number of alkyl halides is 3. The number of rotatable bonds is 8. The second kappa shape index (κ2) is 12.1. The predicted molar refractivity (Wildman–Crippen MR) is 141 cm³/mol. The highest BCUT2D eigenvalue weighted by molar-refractivity contribution is 7.92. The van der Waals surface area contributed by atoms with Gasteiger partial charge in [0.15, 0.2) is 16.5 Å². The lowest BCUT2D eigenvalue weighted by Gasteiger charge is -2.48. The molecule has 0 amide bonds. The molecule has 1 aromatic heterocycles. The summed E-state index contributed by atoms with van der Waals surface area (Å²) < 4.78 is 88.8. The zero-order valence-electron chi connectivity index (χ0n) is 21.6. The normalized spacial score (nSPS) is 15.0. The molecule has 1 aliphatic heterocycles. The Hall–Kier alpha value is -3.30. The highest BCUT2D eigenvalue weighted by atomic mass is 32.2. The van der Waals surface area contributed by atoms with Crippen molar-refractivity contribution < 1.29 is 40.3 Å². The van der Waals surface area contributed by atoms with E-state index in [-0.39, 0.29) is 22.6 Å². The molecule has 4 rings (SSSR count). The van der Waals surface area contributed by atoms with Gasteiger partial charge in [-0.3, -0.25) is 9.62 Å². The summed E-state index contributed by atoms with van der Waals surface area (Å²) in [6.45, 7) is 8.04. The van der Waals surface area contributed by atoms with Crippen molar-refractivity contribution in [2.75, 3.05) is 16.6 Å². The van der Waals surface area contributed by atoms with E-state index >= 15 is 4.39 Å². The van der Waals surface area contributed by atoms with Crippen LogP contribution >= 0.6 is 11.3 Å². The summed E-state index contributed by atoms with van der Waals surface area (Å²) in [6.07, 6.45) is -3.93. The Balaban J connectivity index is 0.000000559. The molecule has 0 radical (unpaired) electrons. The van der Waals surface area contributed by atoms with E-state index in [0.717, 1.165) is 48.0 Å². The minimum absolute atomic E-state index is 0.0145. The van der Waals surface area contributed by atoms with Crippen LogP contribution in [0.5, 0.6) is 0 Å². The third-order valence-corrected chi connectivity index (χ3v) is 8.38. The van der Waals surface area contributed by atoms with E-state index in [9.17, 15) is 26.0 Å². The number of nitrogens with zero attached hydrogens (tertiary/aromatic N) is 2. The average molecular weight is 607 g/mol. The van der Waals surface area contributed by atoms with E-state index in [4.69, 9.17) is 9.90 Å². The minimum Gasteiger partial charge on any atom is -0.475 e. The van der Waals surface area contributed by atoms with Gasteiger partial charge in [0.05, 0.1) is 5.51 Å². The topological polar surface area (TPSA) is 112 Å². The van der Waals surface area contributed by atoms with Crippen LogP contribution in [0, 0.1) is 18.6 Å². The van der Waals surface area contributed by atoms with Gasteiger partial charge in [0, 0.05) is 41.8 Å². The average Bonchev–Trinajstić information content (AvgIpc) is 3.35. The minimum atomic E-state index is -5.08. The second-order valence-corrected chi connectivity index (χ2v) is 11.9. The Bertz CT molecular complexity index is 1460. The standard InChI is InChI=1S/C23H26F2N4O2S2.C2HF3O2/c1-15-19(10-18(24)22(21(15)25)33(30,31)28-20-13-32-14-27-20)26-11-16-6-4-5-7-17(16)12-29-9-8-23(29,2)3;3-2(4,5)1(6)7/h4-7,10,13-14,26,28H,8-9,11-12H2,1-3H3;(H,6,7). The van der Waals surface area contributed by atoms with Gasteiger partial charge in [-0.2, -0.15) is 13.2 Å². The molecule has 3 aromatic rings. The van der Waals surface area contributed by atoms with Gasteiger partial charge in [-0.25, -0.2) is 27.0 Å². The zero-order valence-corrected chi connectivity index (χ0v) is 23.3. The molecule has 218 valence electrons. The molecule has 1 aliphatic rings. The Morgan fingerprint density at radius 3 is 2.33 bits per heavy atom. The van der Waals surface area contributed by atoms with Crippen LogP contribution in [0.3, 0.4) is 0 Å². The number of likely N-dealkylation sites (tertiary alicyclic amines) is 1. The van der Waals surface area contributed by atoms with Gasteiger partial charge in [-0.15, -0.1) is 11.3 Å². The third kappa shape index (κ3) is 7.46. The molecule has 0 bridgehead atoms. The van der Waals surface area contributed by atoms with Crippen LogP contribution in [0.15, 0.2) is 46.1 Å². The quantitative estimate of drug-likeness (QED) is 0.280. The number of carbonyl (C=O) groups is 1. The van der Waals surface area contributed by atoms with Gasteiger partial charge in [0.1, 0.15) is 5.82 Å². The van der Waals surface area contributed by atoms with Crippen molar-refractivity contribution in [2.24, 2.45) is 0 Å². The van der Waals surface area contributed by atoms with E-state index in [2.05, 4.69) is 39.8 Å². The maximum Gasteiger partial charge on any atom is 0.490 e. The number of benzene rings is 2. The van der Waals surface area contributed by atoms with E-state index in [1.807, 2.05) is 18.2 Å². The summed E-state index contributed by atoms with van der Waals surface area (Å²) in [6, 6.07) is 8.96. The number of aliphatic carboxylic acids is 1. The monoisotopic (exact) mass is 606 g/mol. The van der Waals surface area contributed by atoms with Crippen molar-refractivity contribution in [3.05, 3.63) is 69.5 Å². The number of carboxylic acids is 1. The molecule has 2 aromatic carbocycles. The molecule has 0 unspecified atom stereocenters. The molecule has 1 fully saturated rings. The lowest BCUT2D eigenvalue weighted by Crippen LogP contribution is -2.54. The Labute approximate surface area is 231 Å². The molecular weight excluding hydrogens is 579 g/mol. The van der Waals surface area contributed by atoms with E-state index in [1.165, 1.54) is 17.8 Å². The summed E-state index contributed by atoms with van der Waals surface area (Å²) in [7, 11) is -4.47. The molecule has 3 N–H and O–H groups in total. The van der Waals surface area contributed by atoms with Crippen molar-refractivity contribution in [2.45, 2.75) is 56.9 Å². The maximum absolute atomic E-state index is 15.0. The summed E-state index contributed by atoms with van der Waals surface area (Å²) in [5.74, 6) is -5.04. The van der Waals surface area contributed by atoms with Crippen molar-refractivity contribution in [1.29, 1.82) is 0 Å². The largest absolute Gasteiger partial charge is 0.490 e. The fourth-order valence-corrected chi connectivity index (χ4v) is 5.62. The number of aromatic nitrogens is 1. The van der Waals surface area contributed by atoms with Crippen LogP contribution in [-0.4, -0.2) is 47.6 Å². The van der Waals surface area contributed by atoms with E-state index in [0.29, 0.717) is 6.54 Å². The van der Waals surface area contributed by atoms with Crippen LogP contribution in [0.4, 0.5) is 33.5 Å². The number of halogens is 5. The van der Waals surface area contributed by atoms with Crippen LogP contribution in [0.25, 0.3) is 0 Å². The first-order valence-electron chi connectivity index (χ1n) is 11.8. The first kappa shape index (κ1) is 31.2. The molecule has 40 heavy (non-hydrogen) atoms. The lowest BCUT2D eigenvalue weighted by atomic mass is 9.88. The predicted octanol–water partition coefficient (Wildman–Crippen LogP) is 5.76. The lowest BCUT2D eigenvalue weighted by molar-refractivity contribution is -0.192. The molecule has 15 heteroatoms. The molecule has 0 saturated carbocycles. The van der Waals surface area contributed by atoms with Crippen molar-refractivity contribution >= 4 is 38.8 Å². The van der Waals surface area contributed by atoms with Crippen LogP contribution in [0.2, 0.25) is 0 Å². The van der Waals surface area contributed by atoms with E-state index in [1.54, 1.807) is 0 Å². The van der Waals surface area contributed by atoms with Crippen LogP contribution < -0.4 is 10.0 Å². The van der Waals surface area contributed by atoms with Crippen LogP contribution in [0.1, 0.15) is 37.0 Å². The molecular formula is C25H27F5N4O4S2. The highest BCUT2D eigenvalue weighted by Gasteiger charge is 2.38. The molecule has 0 spiro atoms. The number of anilines is 2. The molecule has 0 atom stereocenters. The van der Waals surface area contributed by atoms with Crippen LogP contribution in [-0.2, 0) is 27.9 Å². The number of nitrogens with one attached hydrogen (secondary N) is 2. The number of sulfonamides is 1. The Kier molecular flexibility index (Phi) is 9.42. The molecule has 2 heterocycles. The van der Waals surface area contributed by atoms with Gasteiger partial charge in [0.25, 0.3) is 10.0 Å². The fraction of sp³-hybridized carbons (Fsp3) is 0.360. The number of thiazole rings is 1. The Morgan fingerprint density at radius 1 is 1.20 bits per heavy atom. The van der Waals surface area contributed by atoms with Gasteiger partial charge in [-0.05, 0) is 44.4 Å². The maximum atomic E-state index is 15.0. The summed E-state index contributed by atoms with van der Waals surface area (Å²) >= 11 is 1.16. The summed E-state index contributed by atoms with van der Waals surface area (Å²) in [5.41, 5.74) is 3.97. The molecule has 8 nitrogen and oxygen atoms in total. The first-order valence-corrected chi connectivity index (χ1v) is 14.2. The summed E-state index contributed by atoms with van der Waals surface area (Å²) in [5, 5.41) is 11.6. The van der Waals surface area contributed by atoms with Crippen molar-refractivity contribution in [3.8, 4) is 0 Å². The SMILES string of the molecule is Cc1c(NCc2ccccc2CN2CCC2(C)C)cc(F)c(S(=O)(=O)Nc2cscn2)c1F.O=C(O)C(F)(F)F. The van der Waals surface area contributed by atoms with Gasteiger partial charge in [0.2, 0.25) is 0 Å². The number of carboxylic acid groups (broad SMARTS) is 1. The number of hydrogen-bond donors (Lipinski definition) is 3. The highest BCUT2D eigenvalue weighted by Crippen LogP contribution is 2.33. The second-order valence-electron chi connectivity index (χ2n) is 9.56. The number of hydrogen-bond acceptors (Lipinski definition) is 7. The van der Waals surface area contributed by atoms with Gasteiger partial charge in [-0.1, -0.05) is 24.3 Å². The smallest absolute Gasteiger partial charge is 0.475 e. The van der Waals surface area contributed by atoms with Gasteiger partial charge >= 0.3 is 12.1 Å². The zero-order chi connectivity index (χ0) is 29.9. The van der Waals surface area contributed by atoms with Gasteiger partial charge < -0.3 is 10.4 Å². The molecule has 0 aliphatic carbocycles. The summed E-state index contributed by atoms with van der Waals surface area (Å²) in [4.78, 5) is 14.1. The van der Waals surface area contributed by atoms with Crippen molar-refractivity contribution in [1.82, 2.24) is 9.88 Å². The molecule has 1 saturated heterocycles. The Morgan fingerprint density at radius 2 is 1.82 bits per heavy atom. The first-order chi connectivity index (χ1) is 18.5. The van der Waals surface area contributed by atoms with E-state index < -0.39 is 38.7 Å². The third-order valence-electron chi connectivity index (χ3n) is 6.40.